The van der Waals surface area contributed by atoms with E-state index in [2.05, 4.69) is 15.5 Å². The molecule has 0 radical (unpaired) electrons. The molecule has 0 saturated heterocycles. The third kappa shape index (κ3) is 2.53. The van der Waals surface area contributed by atoms with Crippen molar-refractivity contribution in [1.29, 1.82) is 0 Å². The van der Waals surface area contributed by atoms with Gasteiger partial charge in [-0.15, -0.1) is 10.2 Å². The summed E-state index contributed by atoms with van der Waals surface area (Å²) in [4.78, 5) is 0. The molecule has 106 valence electrons. The fourth-order valence-electron chi connectivity index (χ4n) is 2.28. The number of nitrogens with zero attached hydrogens (tertiary/aromatic N) is 3. The molecule has 2 heterocycles. The maximum absolute atomic E-state index is 12.5. The summed E-state index contributed by atoms with van der Waals surface area (Å²) >= 11 is 0. The van der Waals surface area contributed by atoms with Gasteiger partial charge in [0.05, 0.1) is 12.1 Å². The number of nitrogens with one attached hydrogen (secondary N) is 1. The lowest BCUT2D eigenvalue weighted by atomic mass is 10.1. The Hall–Kier alpha value is -1.89. The van der Waals surface area contributed by atoms with Gasteiger partial charge in [0.25, 0.3) is 0 Å². The van der Waals surface area contributed by atoms with Gasteiger partial charge in [-0.3, -0.25) is 0 Å². The Kier molecular flexibility index (Phi) is 3.21. The molecule has 0 aliphatic carbocycles. The number of halogens is 3. The van der Waals surface area contributed by atoms with Crippen LogP contribution in [0.3, 0.4) is 0 Å². The van der Waals surface area contributed by atoms with Crippen LogP contribution in [0.15, 0.2) is 24.3 Å². The minimum Gasteiger partial charge on any atom is -0.312 e. The van der Waals surface area contributed by atoms with Gasteiger partial charge in [0.2, 0.25) is 0 Å². The van der Waals surface area contributed by atoms with E-state index >= 15 is 0 Å². The first-order chi connectivity index (χ1) is 9.54. The predicted molar refractivity (Wildman–Crippen MR) is 66.0 cm³/mol. The Bertz CT molecular complexity index is 601. The number of rotatable bonds is 2. The van der Waals surface area contributed by atoms with Crippen molar-refractivity contribution in [3.8, 4) is 0 Å². The quantitative estimate of drug-likeness (QED) is 0.916. The Balaban J connectivity index is 1.80. The highest BCUT2D eigenvalue weighted by Crippen LogP contribution is 2.29. The van der Waals surface area contributed by atoms with E-state index < -0.39 is 11.7 Å². The SMILES string of the molecule is FC(F)(F)c1ccc(Cc2nnc3n2CCNC3)cc1. The zero-order chi connectivity index (χ0) is 14.2. The van der Waals surface area contributed by atoms with E-state index in [1.54, 1.807) is 0 Å². The van der Waals surface area contributed by atoms with Gasteiger partial charge >= 0.3 is 6.18 Å². The van der Waals surface area contributed by atoms with Crippen LogP contribution in [0.5, 0.6) is 0 Å². The van der Waals surface area contributed by atoms with Crippen LogP contribution in [-0.2, 0) is 25.7 Å². The third-order valence-corrected chi connectivity index (χ3v) is 3.34. The second-order valence-electron chi connectivity index (χ2n) is 4.73. The topological polar surface area (TPSA) is 42.7 Å². The molecule has 2 aromatic rings. The second kappa shape index (κ2) is 4.90. The van der Waals surface area contributed by atoms with Gasteiger partial charge in [0.15, 0.2) is 0 Å². The van der Waals surface area contributed by atoms with Crippen molar-refractivity contribution in [2.75, 3.05) is 6.54 Å². The fraction of sp³-hybridized carbons (Fsp3) is 0.385. The van der Waals surface area contributed by atoms with Crippen LogP contribution in [0.2, 0.25) is 0 Å². The lowest BCUT2D eigenvalue weighted by molar-refractivity contribution is -0.137. The summed E-state index contributed by atoms with van der Waals surface area (Å²) < 4.78 is 39.5. The largest absolute Gasteiger partial charge is 0.416 e. The summed E-state index contributed by atoms with van der Waals surface area (Å²) in [5, 5.41) is 11.4. The molecule has 0 unspecified atom stereocenters. The first-order valence-corrected chi connectivity index (χ1v) is 6.32. The molecule has 4 nitrogen and oxygen atoms in total. The number of aromatic nitrogens is 3. The van der Waals surface area contributed by atoms with Gasteiger partial charge in [-0.05, 0) is 17.7 Å². The number of hydrogen-bond acceptors (Lipinski definition) is 3. The monoisotopic (exact) mass is 282 g/mol. The fourth-order valence-corrected chi connectivity index (χ4v) is 2.28. The van der Waals surface area contributed by atoms with Crippen LogP contribution in [0, 0.1) is 0 Å². The lowest BCUT2D eigenvalue weighted by Gasteiger charge is -2.16. The summed E-state index contributed by atoms with van der Waals surface area (Å²) in [6.45, 7) is 2.32. The Morgan fingerprint density at radius 1 is 1.15 bits per heavy atom. The average molecular weight is 282 g/mol. The lowest BCUT2D eigenvalue weighted by Crippen LogP contribution is -2.29. The van der Waals surface area contributed by atoms with E-state index in [4.69, 9.17) is 0 Å². The Morgan fingerprint density at radius 3 is 2.60 bits per heavy atom. The van der Waals surface area contributed by atoms with E-state index in [1.165, 1.54) is 12.1 Å². The van der Waals surface area contributed by atoms with E-state index in [-0.39, 0.29) is 0 Å². The highest BCUT2D eigenvalue weighted by Gasteiger charge is 2.30. The minimum absolute atomic E-state index is 0.491. The average Bonchev–Trinajstić information content (AvgIpc) is 2.82. The zero-order valence-corrected chi connectivity index (χ0v) is 10.6. The number of benzene rings is 1. The van der Waals surface area contributed by atoms with Crippen molar-refractivity contribution >= 4 is 0 Å². The Labute approximate surface area is 113 Å². The van der Waals surface area contributed by atoms with Gasteiger partial charge in [-0.25, -0.2) is 0 Å². The summed E-state index contributed by atoms with van der Waals surface area (Å²) in [7, 11) is 0. The van der Waals surface area contributed by atoms with Crippen molar-refractivity contribution in [3.05, 3.63) is 47.0 Å². The molecule has 1 N–H and O–H groups in total. The maximum atomic E-state index is 12.5. The predicted octanol–water partition coefficient (Wildman–Crippen LogP) is 1.99. The summed E-state index contributed by atoms with van der Waals surface area (Å²) in [6.07, 6.45) is -3.80. The van der Waals surface area contributed by atoms with Crippen molar-refractivity contribution in [2.45, 2.75) is 25.7 Å². The molecule has 1 aliphatic heterocycles. The molecule has 20 heavy (non-hydrogen) atoms. The normalized spacial score (nSPS) is 15.2. The van der Waals surface area contributed by atoms with Crippen LogP contribution in [0.25, 0.3) is 0 Å². The van der Waals surface area contributed by atoms with Gasteiger partial charge in [0, 0.05) is 19.5 Å². The molecule has 0 bridgehead atoms. The molecule has 0 fully saturated rings. The van der Waals surface area contributed by atoms with Gasteiger partial charge in [-0.1, -0.05) is 12.1 Å². The second-order valence-corrected chi connectivity index (χ2v) is 4.73. The maximum Gasteiger partial charge on any atom is 0.416 e. The van der Waals surface area contributed by atoms with E-state index in [9.17, 15) is 13.2 Å². The minimum atomic E-state index is -4.29. The third-order valence-electron chi connectivity index (χ3n) is 3.34. The summed E-state index contributed by atoms with van der Waals surface area (Å²) in [5.41, 5.74) is 0.167. The number of alkyl halides is 3. The Morgan fingerprint density at radius 2 is 1.90 bits per heavy atom. The zero-order valence-electron chi connectivity index (χ0n) is 10.6. The van der Waals surface area contributed by atoms with Crippen LogP contribution < -0.4 is 5.32 Å². The number of hydrogen-bond donors (Lipinski definition) is 1. The van der Waals surface area contributed by atoms with Crippen molar-refractivity contribution < 1.29 is 13.2 Å². The van der Waals surface area contributed by atoms with Gasteiger partial charge in [0.1, 0.15) is 11.6 Å². The molecule has 1 aliphatic rings. The first kappa shape index (κ1) is 13.1. The standard InChI is InChI=1S/C13H13F3N4/c14-13(15,16)10-3-1-9(2-4-10)7-11-18-19-12-8-17-5-6-20(11)12/h1-4,17H,5-8H2. The molecule has 1 aromatic carbocycles. The van der Waals surface area contributed by atoms with Crippen LogP contribution >= 0.6 is 0 Å². The molecule has 0 atom stereocenters. The van der Waals surface area contributed by atoms with Gasteiger partial charge < -0.3 is 9.88 Å². The van der Waals surface area contributed by atoms with E-state index in [0.717, 1.165) is 42.4 Å². The van der Waals surface area contributed by atoms with Gasteiger partial charge in [-0.2, -0.15) is 13.2 Å². The molecule has 1 aromatic heterocycles. The molecule has 3 rings (SSSR count). The summed E-state index contributed by atoms with van der Waals surface area (Å²) in [5.74, 6) is 1.67. The molecule has 0 spiro atoms. The van der Waals surface area contributed by atoms with Crippen molar-refractivity contribution in [1.82, 2.24) is 20.1 Å². The van der Waals surface area contributed by atoms with Crippen molar-refractivity contribution in [3.63, 3.8) is 0 Å². The number of fused-ring (bicyclic) bond motifs is 1. The molecular formula is C13H13F3N4. The molecule has 0 amide bonds. The van der Waals surface area contributed by atoms with Crippen molar-refractivity contribution in [2.24, 2.45) is 0 Å². The highest BCUT2D eigenvalue weighted by molar-refractivity contribution is 5.26. The van der Waals surface area contributed by atoms with Crippen LogP contribution in [0.4, 0.5) is 13.2 Å². The van der Waals surface area contributed by atoms with E-state index in [0.29, 0.717) is 13.0 Å². The molecule has 0 saturated carbocycles. The highest BCUT2D eigenvalue weighted by atomic mass is 19.4. The van der Waals surface area contributed by atoms with Crippen LogP contribution in [-0.4, -0.2) is 21.3 Å². The molecule has 7 heteroatoms. The van der Waals surface area contributed by atoms with E-state index in [1.807, 2.05) is 4.57 Å². The smallest absolute Gasteiger partial charge is 0.312 e. The first-order valence-electron chi connectivity index (χ1n) is 6.32. The molecular weight excluding hydrogens is 269 g/mol. The van der Waals surface area contributed by atoms with Crippen LogP contribution in [0.1, 0.15) is 22.8 Å². The summed E-state index contributed by atoms with van der Waals surface area (Å²) in [6, 6.07) is 5.19.